The fourth-order valence-electron chi connectivity index (χ4n) is 1.09. The second-order valence-electron chi connectivity index (χ2n) is 3.53. The zero-order chi connectivity index (χ0) is 11.6. The molecule has 0 fully saturated rings. The Morgan fingerprint density at radius 2 is 1.27 bits per heavy atom. The zero-order valence-electron chi connectivity index (χ0n) is 9.74. The van der Waals surface area contributed by atoms with Crippen LogP contribution < -0.4 is 0 Å². The average Bonchev–Trinajstić information content (AvgIpc) is 2.20. The van der Waals surface area contributed by atoms with Crippen LogP contribution in [0.4, 0.5) is 0 Å². The molecule has 0 spiro atoms. The molecule has 0 amide bonds. The summed E-state index contributed by atoms with van der Waals surface area (Å²) in [6, 6.07) is 0. The molecule has 0 aromatic rings. The first-order valence-electron chi connectivity index (χ1n) is 5.72. The van der Waals surface area contributed by atoms with Crippen molar-refractivity contribution in [1.82, 2.24) is 0 Å². The molecule has 0 atom stereocenters. The molecule has 15 heavy (non-hydrogen) atoms. The van der Waals surface area contributed by atoms with Gasteiger partial charge >= 0.3 is 7.82 Å². The number of unbranched alkanes of at least 4 members (excludes halogenated alkanes) is 4. The van der Waals surface area contributed by atoms with E-state index < -0.39 is 7.82 Å². The third kappa shape index (κ3) is 10.4. The van der Waals surface area contributed by atoms with Crippen LogP contribution in [0.2, 0.25) is 0 Å². The number of hydrogen-bond donors (Lipinski definition) is 0. The normalized spacial score (nSPS) is 11.9. The van der Waals surface area contributed by atoms with Crippen LogP contribution in [0.15, 0.2) is 0 Å². The molecule has 0 unspecified atom stereocenters. The maximum atomic E-state index is 11.1. The molecule has 0 aliphatic carbocycles. The first kappa shape index (κ1) is 15.1. The van der Waals surface area contributed by atoms with Crippen LogP contribution >= 0.6 is 7.82 Å². The van der Waals surface area contributed by atoms with E-state index in [0.29, 0.717) is 0 Å². The van der Waals surface area contributed by atoms with Gasteiger partial charge in [0.25, 0.3) is 0 Å². The summed E-state index contributed by atoms with van der Waals surface area (Å²) in [7, 11) is -4.02. The summed E-state index contributed by atoms with van der Waals surface area (Å²) in [5, 5.41) is 0. The minimum atomic E-state index is -4.02. The molecule has 0 rings (SSSR count). The van der Waals surface area contributed by atoms with Crippen molar-refractivity contribution in [2.45, 2.75) is 52.4 Å². The van der Waals surface area contributed by atoms with E-state index in [-0.39, 0.29) is 13.2 Å². The van der Waals surface area contributed by atoms with Crippen LogP contribution in [0.1, 0.15) is 52.4 Å². The van der Waals surface area contributed by atoms with Gasteiger partial charge in [0.2, 0.25) is 0 Å². The summed E-state index contributed by atoms with van der Waals surface area (Å²) in [5.74, 6) is 0. The first-order valence-corrected chi connectivity index (χ1v) is 7.18. The van der Waals surface area contributed by atoms with Gasteiger partial charge in [0.1, 0.15) is 0 Å². The molecule has 4 nitrogen and oxygen atoms in total. The van der Waals surface area contributed by atoms with Gasteiger partial charge in [0.05, 0.1) is 13.2 Å². The lowest BCUT2D eigenvalue weighted by atomic mass is 10.3. The Hall–Kier alpha value is 0.110. The van der Waals surface area contributed by atoms with Crippen molar-refractivity contribution in [3.63, 3.8) is 0 Å². The van der Waals surface area contributed by atoms with Crippen LogP contribution in [-0.4, -0.2) is 13.2 Å². The van der Waals surface area contributed by atoms with Gasteiger partial charge in [-0.15, -0.1) is 4.89 Å². The Bertz CT molecular complexity index is 168. The van der Waals surface area contributed by atoms with Crippen LogP contribution in [0, 0.1) is 0 Å². The van der Waals surface area contributed by atoms with Crippen LogP contribution in [0.5, 0.6) is 0 Å². The smallest absolute Gasteiger partial charge is 0.285 e. The van der Waals surface area contributed by atoms with Crippen molar-refractivity contribution in [3.8, 4) is 0 Å². The minimum Gasteiger partial charge on any atom is -0.285 e. The quantitative estimate of drug-likeness (QED) is 0.427. The summed E-state index contributed by atoms with van der Waals surface area (Å²) >= 11 is 0. The molecule has 0 bridgehead atoms. The second kappa shape index (κ2) is 9.34. The van der Waals surface area contributed by atoms with E-state index in [1.165, 1.54) is 0 Å². The third-order valence-electron chi connectivity index (χ3n) is 1.99. The highest BCUT2D eigenvalue weighted by atomic mass is 31.2. The Morgan fingerprint density at radius 1 is 0.867 bits per heavy atom. The molecule has 0 aromatic heterocycles. The predicted octanol–water partition coefficient (Wildman–Crippen LogP) is 3.94. The Kier molecular flexibility index (Phi) is 9.41. The third-order valence-corrected chi connectivity index (χ3v) is 2.99. The molecule has 0 N–H and O–H groups in total. The van der Waals surface area contributed by atoms with E-state index in [4.69, 9.17) is 0 Å². The minimum absolute atomic E-state index is 0.238. The Labute approximate surface area is 92.6 Å². The zero-order valence-corrected chi connectivity index (χ0v) is 10.6. The van der Waals surface area contributed by atoms with Gasteiger partial charge in [-0.05, 0) is 12.8 Å². The molecule has 0 saturated heterocycles. The van der Waals surface area contributed by atoms with Gasteiger partial charge in [0, 0.05) is 0 Å². The fourth-order valence-corrected chi connectivity index (χ4v) is 1.87. The lowest BCUT2D eigenvalue weighted by Crippen LogP contribution is -1.97. The number of hydrogen-bond acceptors (Lipinski definition) is 3. The summed E-state index contributed by atoms with van der Waals surface area (Å²) in [5.41, 5.74) is 0. The first-order chi connectivity index (χ1) is 7.12. The lowest BCUT2D eigenvalue weighted by Gasteiger charge is -2.09. The van der Waals surface area contributed by atoms with Crippen molar-refractivity contribution < 1.29 is 18.5 Å². The topological polar surface area (TPSA) is 55.4 Å². The summed E-state index contributed by atoms with van der Waals surface area (Å²) in [6.07, 6.45) is 5.58. The van der Waals surface area contributed by atoms with E-state index in [1.54, 1.807) is 0 Å². The van der Waals surface area contributed by atoms with Crippen molar-refractivity contribution in [2.75, 3.05) is 13.2 Å². The summed E-state index contributed by atoms with van der Waals surface area (Å²) in [6.45, 7) is 4.58. The standard InChI is InChI=1S/C10H22O4P/c1-3-5-7-9-13-15(11,12)14-10-8-6-4-2/h3-10H2,1-2H3. The monoisotopic (exact) mass is 237 g/mol. The van der Waals surface area contributed by atoms with Crippen LogP contribution in [0.3, 0.4) is 0 Å². The van der Waals surface area contributed by atoms with Gasteiger partial charge in [-0.2, -0.15) is 0 Å². The second-order valence-corrected chi connectivity index (χ2v) is 4.94. The molecule has 0 aromatic carbocycles. The van der Waals surface area contributed by atoms with Crippen LogP contribution in [-0.2, 0) is 18.5 Å². The van der Waals surface area contributed by atoms with E-state index in [1.807, 2.05) is 0 Å². The molecule has 0 saturated carbocycles. The molecule has 5 heteroatoms. The van der Waals surface area contributed by atoms with Crippen molar-refractivity contribution in [1.29, 1.82) is 0 Å². The molecule has 91 valence electrons. The predicted molar refractivity (Wildman–Crippen MR) is 59.2 cm³/mol. The van der Waals surface area contributed by atoms with Crippen molar-refractivity contribution >= 4 is 7.82 Å². The number of rotatable bonds is 10. The lowest BCUT2D eigenvalue weighted by molar-refractivity contribution is 0.125. The molecular weight excluding hydrogens is 215 g/mol. The summed E-state index contributed by atoms with van der Waals surface area (Å²) < 4.78 is 20.5. The van der Waals surface area contributed by atoms with E-state index >= 15 is 0 Å². The van der Waals surface area contributed by atoms with Gasteiger partial charge in [-0.1, -0.05) is 39.5 Å². The summed E-state index contributed by atoms with van der Waals surface area (Å²) in [4.78, 5) is 11.1. The maximum absolute atomic E-state index is 11.1. The van der Waals surface area contributed by atoms with Crippen molar-refractivity contribution in [3.05, 3.63) is 0 Å². The Balaban J connectivity index is 3.45. The van der Waals surface area contributed by atoms with Gasteiger partial charge < -0.3 is 0 Å². The van der Waals surface area contributed by atoms with Gasteiger partial charge in [-0.3, -0.25) is 9.05 Å². The maximum Gasteiger partial charge on any atom is 0.502 e. The van der Waals surface area contributed by atoms with Gasteiger partial charge in [0.15, 0.2) is 0 Å². The molecule has 0 aliphatic rings. The highest BCUT2D eigenvalue weighted by Gasteiger charge is 2.22. The van der Waals surface area contributed by atoms with Crippen LogP contribution in [0.25, 0.3) is 0 Å². The van der Waals surface area contributed by atoms with Crippen molar-refractivity contribution in [2.24, 2.45) is 0 Å². The molecular formula is C10H22O4P. The SMILES string of the molecule is CCCCCOP([O])(=O)OCCCCC. The Morgan fingerprint density at radius 3 is 1.60 bits per heavy atom. The molecule has 0 aliphatic heterocycles. The van der Waals surface area contributed by atoms with E-state index in [9.17, 15) is 9.46 Å². The highest BCUT2D eigenvalue weighted by molar-refractivity contribution is 7.47. The largest absolute Gasteiger partial charge is 0.502 e. The molecule has 1 radical (unpaired) electrons. The average molecular weight is 237 g/mol. The van der Waals surface area contributed by atoms with E-state index in [2.05, 4.69) is 22.9 Å². The highest BCUT2D eigenvalue weighted by Crippen LogP contribution is 2.44. The molecule has 0 heterocycles. The van der Waals surface area contributed by atoms with E-state index in [0.717, 1.165) is 38.5 Å². The van der Waals surface area contributed by atoms with Gasteiger partial charge in [-0.25, -0.2) is 4.57 Å². The fraction of sp³-hybridized carbons (Fsp3) is 1.00.